The zero-order valence-electron chi connectivity index (χ0n) is 7.66. The zero-order valence-corrected chi connectivity index (χ0v) is 7.66. The standard InChI is InChI=1S/C9H8F4N2/c10-5-7(14-4-2-1-3-4)6(11)9(13)15-8(5)12/h4H,1-3H2,(H,14,15). The molecule has 0 bridgehead atoms. The molecule has 6 heteroatoms. The molecule has 1 aliphatic carbocycles. The number of nitrogens with zero attached hydrogens (tertiary/aromatic N) is 1. The lowest BCUT2D eigenvalue weighted by Crippen LogP contribution is -2.28. The summed E-state index contributed by atoms with van der Waals surface area (Å²) in [5.74, 6) is -6.20. The van der Waals surface area contributed by atoms with Crippen LogP contribution in [0.2, 0.25) is 0 Å². The highest BCUT2D eigenvalue weighted by Crippen LogP contribution is 2.28. The number of hydrogen-bond donors (Lipinski definition) is 1. The van der Waals surface area contributed by atoms with E-state index in [0.29, 0.717) is 0 Å². The third kappa shape index (κ3) is 1.75. The van der Waals surface area contributed by atoms with Crippen LogP contribution in [-0.4, -0.2) is 11.0 Å². The molecule has 0 atom stereocenters. The Kier molecular flexibility index (Phi) is 2.50. The second-order valence-electron chi connectivity index (χ2n) is 3.47. The predicted molar refractivity (Wildman–Crippen MR) is 45.3 cm³/mol. The van der Waals surface area contributed by atoms with Crippen LogP contribution in [0.25, 0.3) is 0 Å². The van der Waals surface area contributed by atoms with Crippen molar-refractivity contribution in [2.45, 2.75) is 25.3 Å². The number of hydrogen-bond acceptors (Lipinski definition) is 2. The number of halogens is 4. The van der Waals surface area contributed by atoms with Gasteiger partial charge in [-0.15, -0.1) is 0 Å². The Morgan fingerprint density at radius 2 is 1.53 bits per heavy atom. The normalized spacial score (nSPS) is 16.3. The highest BCUT2D eigenvalue weighted by atomic mass is 19.2. The van der Waals surface area contributed by atoms with Gasteiger partial charge in [0, 0.05) is 6.04 Å². The second kappa shape index (κ2) is 3.67. The van der Waals surface area contributed by atoms with Crippen LogP contribution in [0.1, 0.15) is 19.3 Å². The summed E-state index contributed by atoms with van der Waals surface area (Å²) in [7, 11) is 0. The first-order chi connectivity index (χ1) is 7.09. The van der Waals surface area contributed by atoms with E-state index in [4.69, 9.17) is 0 Å². The van der Waals surface area contributed by atoms with Gasteiger partial charge in [0.05, 0.1) is 0 Å². The minimum absolute atomic E-state index is 0.116. The molecule has 2 nitrogen and oxygen atoms in total. The maximum atomic E-state index is 13.1. The van der Waals surface area contributed by atoms with Crippen molar-refractivity contribution in [3.05, 3.63) is 23.5 Å². The van der Waals surface area contributed by atoms with Crippen molar-refractivity contribution >= 4 is 5.69 Å². The lowest BCUT2D eigenvalue weighted by atomic mass is 9.93. The molecule has 1 aromatic heterocycles. The molecular formula is C9H8F4N2. The van der Waals surface area contributed by atoms with Gasteiger partial charge in [-0.25, -0.2) is 0 Å². The Morgan fingerprint density at radius 1 is 1.00 bits per heavy atom. The van der Waals surface area contributed by atoms with Gasteiger partial charge in [-0.2, -0.15) is 22.5 Å². The fraction of sp³-hybridized carbons (Fsp3) is 0.444. The van der Waals surface area contributed by atoms with Gasteiger partial charge in [0.25, 0.3) is 11.9 Å². The topological polar surface area (TPSA) is 24.9 Å². The Balaban J connectivity index is 2.34. The summed E-state index contributed by atoms with van der Waals surface area (Å²) < 4.78 is 51.4. The summed E-state index contributed by atoms with van der Waals surface area (Å²) in [6, 6.07) is -0.116. The van der Waals surface area contributed by atoms with E-state index in [1.807, 2.05) is 0 Å². The van der Waals surface area contributed by atoms with Crippen LogP contribution in [0.5, 0.6) is 0 Å². The molecule has 0 aromatic carbocycles. The molecule has 1 aliphatic rings. The quantitative estimate of drug-likeness (QED) is 0.612. The monoisotopic (exact) mass is 220 g/mol. The summed E-state index contributed by atoms with van der Waals surface area (Å²) in [6.45, 7) is 0. The smallest absolute Gasteiger partial charge is 0.253 e. The third-order valence-corrected chi connectivity index (χ3v) is 2.45. The number of anilines is 1. The minimum atomic E-state index is -1.63. The van der Waals surface area contributed by atoms with Crippen LogP contribution in [0, 0.1) is 23.5 Å². The van der Waals surface area contributed by atoms with E-state index in [1.54, 1.807) is 0 Å². The first-order valence-electron chi connectivity index (χ1n) is 4.56. The fourth-order valence-electron chi connectivity index (χ4n) is 1.37. The van der Waals surface area contributed by atoms with Gasteiger partial charge >= 0.3 is 0 Å². The predicted octanol–water partition coefficient (Wildman–Crippen LogP) is 2.60. The Bertz CT molecular complexity index is 364. The number of pyridine rings is 1. The number of aromatic nitrogens is 1. The highest BCUT2D eigenvalue weighted by molar-refractivity contribution is 5.46. The second-order valence-corrected chi connectivity index (χ2v) is 3.47. The molecule has 1 fully saturated rings. The van der Waals surface area contributed by atoms with E-state index in [9.17, 15) is 17.6 Å². The van der Waals surface area contributed by atoms with Crippen LogP contribution in [0.3, 0.4) is 0 Å². The summed E-state index contributed by atoms with van der Waals surface area (Å²) in [4.78, 5) is 2.46. The number of rotatable bonds is 2. The van der Waals surface area contributed by atoms with Crippen LogP contribution in [0.4, 0.5) is 23.2 Å². The Morgan fingerprint density at radius 3 is 1.93 bits per heavy atom. The van der Waals surface area contributed by atoms with Gasteiger partial charge < -0.3 is 5.32 Å². The molecule has 0 unspecified atom stereocenters. The van der Waals surface area contributed by atoms with E-state index >= 15 is 0 Å². The molecule has 1 heterocycles. The maximum Gasteiger partial charge on any atom is 0.253 e. The molecule has 1 saturated carbocycles. The highest BCUT2D eigenvalue weighted by Gasteiger charge is 2.25. The number of nitrogens with one attached hydrogen (secondary N) is 1. The van der Waals surface area contributed by atoms with E-state index in [1.165, 1.54) is 0 Å². The molecule has 15 heavy (non-hydrogen) atoms. The van der Waals surface area contributed by atoms with Gasteiger partial charge in [0.15, 0.2) is 0 Å². The van der Waals surface area contributed by atoms with Gasteiger partial charge in [-0.05, 0) is 19.3 Å². The summed E-state index contributed by atoms with van der Waals surface area (Å²) in [6.07, 6.45) is 2.42. The molecule has 0 spiro atoms. The Hall–Kier alpha value is -1.33. The molecule has 2 rings (SSSR count). The van der Waals surface area contributed by atoms with Crippen LogP contribution in [-0.2, 0) is 0 Å². The van der Waals surface area contributed by atoms with Crippen molar-refractivity contribution in [3.8, 4) is 0 Å². The van der Waals surface area contributed by atoms with Gasteiger partial charge in [0.1, 0.15) is 5.69 Å². The average molecular weight is 220 g/mol. The minimum Gasteiger partial charge on any atom is -0.377 e. The molecular weight excluding hydrogens is 212 g/mol. The first kappa shape index (κ1) is 10.2. The van der Waals surface area contributed by atoms with E-state index in [0.717, 1.165) is 19.3 Å². The Labute approximate surface area is 83.3 Å². The van der Waals surface area contributed by atoms with E-state index in [-0.39, 0.29) is 6.04 Å². The third-order valence-electron chi connectivity index (χ3n) is 2.45. The van der Waals surface area contributed by atoms with Gasteiger partial charge in [0.2, 0.25) is 11.6 Å². The molecule has 0 radical (unpaired) electrons. The van der Waals surface area contributed by atoms with E-state index < -0.39 is 29.2 Å². The lowest BCUT2D eigenvalue weighted by Gasteiger charge is -2.27. The fourth-order valence-corrected chi connectivity index (χ4v) is 1.37. The van der Waals surface area contributed by atoms with Gasteiger partial charge in [-0.3, -0.25) is 0 Å². The van der Waals surface area contributed by atoms with Crippen molar-refractivity contribution in [1.82, 2.24) is 4.98 Å². The molecule has 82 valence electrons. The molecule has 0 saturated heterocycles. The van der Waals surface area contributed by atoms with Crippen molar-refractivity contribution in [2.75, 3.05) is 5.32 Å². The molecule has 0 amide bonds. The van der Waals surface area contributed by atoms with Crippen LogP contribution >= 0.6 is 0 Å². The first-order valence-corrected chi connectivity index (χ1v) is 4.56. The molecule has 0 aliphatic heterocycles. The zero-order chi connectivity index (χ0) is 11.0. The van der Waals surface area contributed by atoms with Crippen molar-refractivity contribution in [1.29, 1.82) is 0 Å². The molecule has 1 N–H and O–H groups in total. The van der Waals surface area contributed by atoms with Crippen molar-refractivity contribution < 1.29 is 17.6 Å². The SMILES string of the molecule is Fc1nc(F)c(F)c(NC2CCC2)c1F. The summed E-state index contributed by atoms with van der Waals surface area (Å²) >= 11 is 0. The summed E-state index contributed by atoms with van der Waals surface area (Å²) in [5.41, 5.74) is -0.760. The van der Waals surface area contributed by atoms with Crippen LogP contribution < -0.4 is 5.32 Å². The van der Waals surface area contributed by atoms with Crippen LogP contribution in [0.15, 0.2) is 0 Å². The summed E-state index contributed by atoms with van der Waals surface area (Å²) in [5, 5.41) is 2.43. The van der Waals surface area contributed by atoms with Crippen molar-refractivity contribution in [2.24, 2.45) is 0 Å². The van der Waals surface area contributed by atoms with Gasteiger partial charge in [-0.1, -0.05) is 0 Å². The molecule has 1 aromatic rings. The lowest BCUT2D eigenvalue weighted by molar-refractivity contribution is 0.399. The maximum absolute atomic E-state index is 13.1. The van der Waals surface area contributed by atoms with Crippen molar-refractivity contribution in [3.63, 3.8) is 0 Å². The van der Waals surface area contributed by atoms with E-state index in [2.05, 4.69) is 10.3 Å². The average Bonchev–Trinajstić information content (AvgIpc) is 2.12. The largest absolute Gasteiger partial charge is 0.377 e.